The SMILES string of the molecule is Cc1ccc(C(=O)N/C(=C/c2cn(-c3ccccc3)nc2-c2ccc(F)cc2)C(=O)NCc2ccccc2)cc1. The first-order valence-electron chi connectivity index (χ1n) is 12.8. The molecule has 5 rings (SSSR count). The summed E-state index contributed by atoms with van der Waals surface area (Å²) in [6.07, 6.45) is 3.37. The van der Waals surface area contributed by atoms with Gasteiger partial charge in [-0.25, -0.2) is 9.07 Å². The number of para-hydroxylation sites is 1. The highest BCUT2D eigenvalue weighted by Crippen LogP contribution is 2.26. The topological polar surface area (TPSA) is 76.0 Å². The average Bonchev–Trinajstić information content (AvgIpc) is 3.41. The van der Waals surface area contributed by atoms with E-state index in [1.807, 2.05) is 79.7 Å². The molecule has 1 aromatic heterocycles. The molecule has 4 aromatic carbocycles. The molecule has 0 bridgehead atoms. The molecule has 1 heterocycles. The summed E-state index contributed by atoms with van der Waals surface area (Å²) >= 11 is 0. The normalized spacial score (nSPS) is 11.2. The number of nitrogens with one attached hydrogen (secondary N) is 2. The van der Waals surface area contributed by atoms with E-state index in [-0.39, 0.29) is 18.1 Å². The van der Waals surface area contributed by atoms with Crippen LogP contribution < -0.4 is 10.6 Å². The lowest BCUT2D eigenvalue weighted by molar-refractivity contribution is -0.117. The summed E-state index contributed by atoms with van der Waals surface area (Å²) in [4.78, 5) is 26.6. The van der Waals surface area contributed by atoms with Crippen molar-refractivity contribution in [3.63, 3.8) is 0 Å². The Kier molecular flexibility index (Phi) is 7.92. The molecule has 0 fully saturated rings. The van der Waals surface area contributed by atoms with Crippen molar-refractivity contribution in [2.45, 2.75) is 13.5 Å². The van der Waals surface area contributed by atoms with Gasteiger partial charge in [-0.1, -0.05) is 66.2 Å². The number of carbonyl (C=O) groups excluding carboxylic acids is 2. The predicted octanol–water partition coefficient (Wildman–Crippen LogP) is 6.07. The molecule has 198 valence electrons. The molecule has 0 aliphatic rings. The number of aromatic nitrogens is 2. The van der Waals surface area contributed by atoms with E-state index in [0.29, 0.717) is 22.4 Å². The fourth-order valence-electron chi connectivity index (χ4n) is 4.12. The zero-order valence-corrected chi connectivity index (χ0v) is 21.8. The Morgan fingerprint density at radius 2 is 1.50 bits per heavy atom. The highest BCUT2D eigenvalue weighted by Gasteiger charge is 2.18. The van der Waals surface area contributed by atoms with Crippen molar-refractivity contribution < 1.29 is 14.0 Å². The van der Waals surface area contributed by atoms with Crippen LogP contribution in [0.25, 0.3) is 23.0 Å². The van der Waals surface area contributed by atoms with Crippen LogP contribution in [0.2, 0.25) is 0 Å². The number of hydrogen-bond acceptors (Lipinski definition) is 3. The van der Waals surface area contributed by atoms with Gasteiger partial charge in [0.1, 0.15) is 17.2 Å². The molecule has 7 heteroatoms. The van der Waals surface area contributed by atoms with Gasteiger partial charge in [0.15, 0.2) is 0 Å². The second-order valence-corrected chi connectivity index (χ2v) is 9.27. The fourth-order valence-corrected chi connectivity index (χ4v) is 4.12. The molecule has 6 nitrogen and oxygen atoms in total. The number of hydrogen-bond donors (Lipinski definition) is 2. The number of carbonyl (C=O) groups is 2. The summed E-state index contributed by atoms with van der Waals surface area (Å²) in [7, 11) is 0. The molecule has 2 N–H and O–H groups in total. The van der Waals surface area contributed by atoms with Crippen molar-refractivity contribution in [2.75, 3.05) is 0 Å². The summed E-state index contributed by atoms with van der Waals surface area (Å²) in [6, 6.07) is 32.1. The van der Waals surface area contributed by atoms with E-state index in [1.165, 1.54) is 12.1 Å². The molecule has 0 saturated heterocycles. The van der Waals surface area contributed by atoms with E-state index >= 15 is 0 Å². The Hall–Kier alpha value is -5.30. The van der Waals surface area contributed by atoms with Gasteiger partial charge >= 0.3 is 0 Å². The highest BCUT2D eigenvalue weighted by molar-refractivity contribution is 6.05. The number of halogens is 1. The van der Waals surface area contributed by atoms with E-state index in [1.54, 1.807) is 41.2 Å². The maximum absolute atomic E-state index is 13.7. The van der Waals surface area contributed by atoms with E-state index in [2.05, 4.69) is 10.6 Å². The summed E-state index contributed by atoms with van der Waals surface area (Å²) in [6.45, 7) is 2.22. The van der Waals surface area contributed by atoms with Crippen LogP contribution >= 0.6 is 0 Å². The Morgan fingerprint density at radius 1 is 0.850 bits per heavy atom. The Balaban J connectivity index is 1.55. The first kappa shape index (κ1) is 26.3. The van der Waals surface area contributed by atoms with Crippen LogP contribution in [-0.4, -0.2) is 21.6 Å². The third kappa shape index (κ3) is 6.39. The maximum atomic E-state index is 13.7. The number of aryl methyl sites for hydroxylation is 1. The number of benzene rings is 4. The predicted molar refractivity (Wildman–Crippen MR) is 154 cm³/mol. The van der Waals surface area contributed by atoms with Gasteiger partial charge in [-0.05, 0) is 67.1 Å². The average molecular weight is 531 g/mol. The first-order chi connectivity index (χ1) is 19.5. The summed E-state index contributed by atoms with van der Waals surface area (Å²) in [5.74, 6) is -1.24. The molecule has 0 aliphatic carbocycles. The number of amides is 2. The van der Waals surface area contributed by atoms with Crippen LogP contribution in [0, 0.1) is 12.7 Å². The van der Waals surface area contributed by atoms with Crippen LogP contribution in [-0.2, 0) is 11.3 Å². The number of nitrogens with zero attached hydrogens (tertiary/aromatic N) is 2. The molecule has 0 radical (unpaired) electrons. The zero-order valence-electron chi connectivity index (χ0n) is 21.8. The maximum Gasteiger partial charge on any atom is 0.268 e. The molecule has 0 spiro atoms. The molecule has 5 aromatic rings. The quantitative estimate of drug-likeness (QED) is 0.239. The summed E-state index contributed by atoms with van der Waals surface area (Å²) in [5.41, 5.74) is 4.99. The zero-order chi connectivity index (χ0) is 27.9. The van der Waals surface area contributed by atoms with Crippen LogP contribution in [0.1, 0.15) is 27.0 Å². The lowest BCUT2D eigenvalue weighted by Gasteiger charge is -2.12. The van der Waals surface area contributed by atoms with Crippen molar-refractivity contribution in [3.05, 3.63) is 149 Å². The van der Waals surface area contributed by atoms with Gasteiger partial charge in [0.25, 0.3) is 11.8 Å². The van der Waals surface area contributed by atoms with Crippen molar-refractivity contribution >= 4 is 17.9 Å². The lowest BCUT2D eigenvalue weighted by atomic mass is 10.1. The van der Waals surface area contributed by atoms with Gasteiger partial charge in [0.05, 0.1) is 5.69 Å². The van der Waals surface area contributed by atoms with Crippen molar-refractivity contribution in [1.82, 2.24) is 20.4 Å². The van der Waals surface area contributed by atoms with Gasteiger partial charge in [-0.2, -0.15) is 5.10 Å². The minimum atomic E-state index is -0.457. The summed E-state index contributed by atoms with van der Waals surface area (Å²) < 4.78 is 15.4. The number of rotatable bonds is 8. The van der Waals surface area contributed by atoms with Crippen molar-refractivity contribution in [1.29, 1.82) is 0 Å². The van der Waals surface area contributed by atoms with Gasteiger partial charge in [0.2, 0.25) is 0 Å². The Morgan fingerprint density at radius 3 is 2.17 bits per heavy atom. The smallest absolute Gasteiger partial charge is 0.268 e. The Bertz CT molecular complexity index is 1640. The van der Waals surface area contributed by atoms with Crippen LogP contribution in [0.5, 0.6) is 0 Å². The van der Waals surface area contributed by atoms with E-state index < -0.39 is 11.8 Å². The molecular weight excluding hydrogens is 503 g/mol. The monoisotopic (exact) mass is 530 g/mol. The molecule has 0 atom stereocenters. The molecular formula is C33H27FN4O2. The second kappa shape index (κ2) is 12.0. The van der Waals surface area contributed by atoms with Crippen molar-refractivity contribution in [2.24, 2.45) is 0 Å². The molecule has 0 saturated carbocycles. The van der Waals surface area contributed by atoms with E-state index in [9.17, 15) is 14.0 Å². The summed E-state index contributed by atoms with van der Waals surface area (Å²) in [5, 5.41) is 10.4. The van der Waals surface area contributed by atoms with Crippen LogP contribution in [0.15, 0.2) is 121 Å². The standard InChI is InChI=1S/C33H27FN4O2/c1-23-12-14-26(15-13-23)32(39)36-30(33(40)35-21-24-8-4-2-5-9-24)20-27-22-38(29-10-6-3-7-11-29)37-31(27)25-16-18-28(34)19-17-25/h2-20,22H,21H2,1H3,(H,35,40)(H,36,39)/b30-20+. The van der Waals surface area contributed by atoms with Crippen molar-refractivity contribution in [3.8, 4) is 16.9 Å². The third-order valence-electron chi connectivity index (χ3n) is 6.28. The minimum absolute atomic E-state index is 0.0532. The van der Waals surface area contributed by atoms with Crippen LogP contribution in [0.4, 0.5) is 4.39 Å². The largest absolute Gasteiger partial charge is 0.347 e. The van der Waals surface area contributed by atoms with Gasteiger partial charge in [-0.3, -0.25) is 9.59 Å². The van der Waals surface area contributed by atoms with Crippen LogP contribution in [0.3, 0.4) is 0 Å². The van der Waals surface area contributed by atoms with Gasteiger partial charge in [0, 0.05) is 29.4 Å². The lowest BCUT2D eigenvalue weighted by Crippen LogP contribution is -2.34. The minimum Gasteiger partial charge on any atom is -0.347 e. The second-order valence-electron chi connectivity index (χ2n) is 9.27. The third-order valence-corrected chi connectivity index (χ3v) is 6.28. The molecule has 40 heavy (non-hydrogen) atoms. The van der Waals surface area contributed by atoms with E-state index in [4.69, 9.17) is 5.10 Å². The first-order valence-corrected chi connectivity index (χ1v) is 12.8. The molecule has 0 aliphatic heterocycles. The fraction of sp³-hybridized carbons (Fsp3) is 0.0606. The van der Waals surface area contributed by atoms with Gasteiger partial charge < -0.3 is 10.6 Å². The Labute approximate surface area is 231 Å². The molecule has 2 amide bonds. The van der Waals surface area contributed by atoms with E-state index in [0.717, 1.165) is 16.8 Å². The van der Waals surface area contributed by atoms with Gasteiger partial charge in [-0.15, -0.1) is 0 Å². The highest BCUT2D eigenvalue weighted by atomic mass is 19.1. The molecule has 0 unspecified atom stereocenters.